The largest absolute Gasteiger partial charge is 0.468 e. The number of fused-ring (bicyclic) bond motifs is 3. The number of benzene rings is 3. The van der Waals surface area contributed by atoms with Crippen molar-refractivity contribution in [1.29, 1.82) is 0 Å². The van der Waals surface area contributed by atoms with Crippen LogP contribution in [-0.4, -0.2) is 110 Å². The van der Waals surface area contributed by atoms with E-state index in [9.17, 15) is 23.3 Å². The number of amides is 1. The van der Waals surface area contributed by atoms with Gasteiger partial charge in [-0.1, -0.05) is 30.3 Å². The summed E-state index contributed by atoms with van der Waals surface area (Å²) in [7, 11) is -4.60. The summed E-state index contributed by atoms with van der Waals surface area (Å²) in [6.07, 6.45) is 11.6. The number of nitrogens with zero attached hydrogens (tertiary/aromatic N) is 6. The zero-order valence-corrected chi connectivity index (χ0v) is 40.2. The van der Waals surface area contributed by atoms with E-state index in [1.807, 2.05) is 41.4 Å². The summed E-state index contributed by atoms with van der Waals surface area (Å²) < 4.78 is 48.3. The molecule has 3 aromatic carbocycles. The summed E-state index contributed by atoms with van der Waals surface area (Å²) in [5, 5.41) is 16.3. The molecular weight excluding hydrogens is 923 g/mol. The Morgan fingerprint density at radius 1 is 0.901 bits per heavy atom. The number of nitrogens with one attached hydrogen (secondary N) is 3. The van der Waals surface area contributed by atoms with Gasteiger partial charge in [0.05, 0.1) is 46.0 Å². The number of rotatable bonds is 12. The van der Waals surface area contributed by atoms with E-state index in [-0.39, 0.29) is 28.6 Å². The molecule has 8 heterocycles. The third kappa shape index (κ3) is 8.63. The SMILES string of the molecule is O=C(NS(=O)(=O)c1ccc(NCC2CCOCC2)c([N+](=O)[O-])c1)c1ccc(N2CCC3(CC2)CC(N2CCC[C@H]2c2ccccc2-c2ccccn2)C3)cc1N1c2cc3cc[nH]c3nc2O[C@@H]2COC[C@H]21. The average Bonchev–Trinajstić information content (AvgIpc) is 4.18. The third-order valence-corrected chi connectivity index (χ3v) is 17.3. The van der Waals surface area contributed by atoms with Crippen LogP contribution in [0.2, 0.25) is 0 Å². The van der Waals surface area contributed by atoms with Crippen molar-refractivity contribution in [3.05, 3.63) is 125 Å². The van der Waals surface area contributed by atoms with Crippen molar-refractivity contribution in [3.8, 4) is 17.1 Å². The fourth-order valence-electron chi connectivity index (χ4n) is 12.2. The Hall–Kier alpha value is -6.60. The highest BCUT2D eigenvalue weighted by atomic mass is 32.2. The Labute approximate surface area is 412 Å². The number of anilines is 4. The van der Waals surface area contributed by atoms with Crippen molar-refractivity contribution in [1.82, 2.24) is 24.6 Å². The van der Waals surface area contributed by atoms with Crippen molar-refractivity contribution in [2.75, 3.05) is 67.7 Å². The van der Waals surface area contributed by atoms with Gasteiger partial charge in [0.1, 0.15) is 23.1 Å². The lowest BCUT2D eigenvalue weighted by Crippen LogP contribution is -2.55. The van der Waals surface area contributed by atoms with E-state index in [1.165, 1.54) is 29.7 Å². The maximum absolute atomic E-state index is 14.6. The van der Waals surface area contributed by atoms with Crippen LogP contribution in [0.5, 0.6) is 5.88 Å². The van der Waals surface area contributed by atoms with Gasteiger partial charge in [0.25, 0.3) is 21.6 Å². The van der Waals surface area contributed by atoms with Crippen LogP contribution in [0.15, 0.2) is 108 Å². The van der Waals surface area contributed by atoms with Crippen LogP contribution in [0, 0.1) is 21.4 Å². The van der Waals surface area contributed by atoms with E-state index in [1.54, 1.807) is 12.3 Å². The first-order valence-electron chi connectivity index (χ1n) is 24.9. The summed E-state index contributed by atoms with van der Waals surface area (Å²) in [6.45, 7) is 5.11. The molecule has 4 saturated heterocycles. The summed E-state index contributed by atoms with van der Waals surface area (Å²) in [6, 6.07) is 28.5. The zero-order valence-electron chi connectivity index (χ0n) is 39.4. The molecule has 12 rings (SSSR count). The minimum Gasteiger partial charge on any atom is -0.468 e. The van der Waals surface area contributed by atoms with Gasteiger partial charge in [0, 0.05) is 80.0 Å². The van der Waals surface area contributed by atoms with Gasteiger partial charge in [0.2, 0.25) is 5.88 Å². The minimum absolute atomic E-state index is 0.106. The summed E-state index contributed by atoms with van der Waals surface area (Å²) >= 11 is 0. The number of ether oxygens (including phenoxy) is 3. The number of nitro groups is 1. The van der Waals surface area contributed by atoms with Gasteiger partial charge in [-0.25, -0.2) is 13.1 Å². The Bertz CT molecular complexity index is 3090. The molecule has 368 valence electrons. The molecule has 6 aliphatic rings. The van der Waals surface area contributed by atoms with Crippen molar-refractivity contribution in [2.24, 2.45) is 11.3 Å². The normalized spacial score (nSPS) is 22.5. The second-order valence-corrected chi connectivity index (χ2v) is 21.8. The monoisotopic (exact) mass is 979 g/mol. The Kier molecular flexibility index (Phi) is 11.9. The second kappa shape index (κ2) is 18.5. The lowest BCUT2D eigenvalue weighted by molar-refractivity contribution is -0.384. The lowest BCUT2D eigenvalue weighted by Gasteiger charge is -2.56. The van der Waals surface area contributed by atoms with Gasteiger partial charge in [-0.3, -0.25) is 24.8 Å². The number of hydrogen-bond acceptors (Lipinski definition) is 14. The molecule has 5 aliphatic heterocycles. The van der Waals surface area contributed by atoms with Crippen LogP contribution < -0.4 is 24.6 Å². The zero-order chi connectivity index (χ0) is 48.3. The first-order chi connectivity index (χ1) is 34.6. The second-order valence-electron chi connectivity index (χ2n) is 20.1. The number of piperidine rings is 1. The predicted molar refractivity (Wildman–Crippen MR) is 269 cm³/mol. The van der Waals surface area contributed by atoms with Crippen molar-refractivity contribution < 1.29 is 32.3 Å². The Morgan fingerprint density at radius 3 is 2.55 bits per heavy atom. The smallest absolute Gasteiger partial charge is 0.293 e. The molecule has 1 amide bonds. The van der Waals surface area contributed by atoms with Crippen molar-refractivity contribution >= 4 is 55.4 Å². The van der Waals surface area contributed by atoms with Gasteiger partial charge >= 0.3 is 0 Å². The molecule has 0 unspecified atom stereocenters. The highest BCUT2D eigenvalue weighted by Crippen LogP contribution is 2.55. The summed E-state index contributed by atoms with van der Waals surface area (Å²) in [5.74, 6) is -0.241. The molecule has 1 aliphatic carbocycles. The van der Waals surface area contributed by atoms with Crippen LogP contribution in [0.1, 0.15) is 73.3 Å². The molecule has 3 aromatic heterocycles. The fraction of sp³-hybridized carbons (Fsp3) is 0.415. The van der Waals surface area contributed by atoms with E-state index in [0.717, 1.165) is 87.4 Å². The number of pyridine rings is 2. The van der Waals surface area contributed by atoms with Gasteiger partial charge in [-0.15, -0.1) is 0 Å². The first kappa shape index (κ1) is 45.5. The number of hydrogen-bond donors (Lipinski definition) is 3. The van der Waals surface area contributed by atoms with E-state index in [4.69, 9.17) is 24.2 Å². The van der Waals surface area contributed by atoms with Crippen LogP contribution in [-0.2, 0) is 19.5 Å². The number of H-pyrrole nitrogens is 1. The number of aromatic amines is 1. The number of aromatic nitrogens is 3. The fourth-order valence-corrected chi connectivity index (χ4v) is 13.2. The van der Waals surface area contributed by atoms with Crippen molar-refractivity contribution in [3.63, 3.8) is 0 Å². The maximum Gasteiger partial charge on any atom is 0.293 e. The topological polar surface area (TPSA) is 197 Å². The summed E-state index contributed by atoms with van der Waals surface area (Å²) in [5.41, 5.74) is 6.42. The highest BCUT2D eigenvalue weighted by Gasteiger charge is 2.50. The maximum atomic E-state index is 14.6. The van der Waals surface area contributed by atoms with Crippen LogP contribution >= 0.6 is 0 Å². The first-order valence-corrected chi connectivity index (χ1v) is 26.4. The molecule has 3 atom stereocenters. The van der Waals surface area contributed by atoms with E-state index < -0.39 is 37.5 Å². The Balaban J connectivity index is 0.809. The highest BCUT2D eigenvalue weighted by molar-refractivity contribution is 7.90. The number of nitro benzene ring substituents is 1. The lowest BCUT2D eigenvalue weighted by atomic mass is 9.59. The molecule has 1 saturated carbocycles. The molecule has 18 heteroatoms. The van der Waals surface area contributed by atoms with Gasteiger partial charge in [0.15, 0.2) is 0 Å². The minimum atomic E-state index is -4.60. The molecule has 0 radical (unpaired) electrons. The quantitative estimate of drug-likeness (QED) is 0.0781. The molecule has 1 spiro atoms. The molecule has 0 bridgehead atoms. The molecule has 6 aromatic rings. The number of sulfonamides is 1. The van der Waals surface area contributed by atoms with Crippen molar-refractivity contribution in [2.45, 2.75) is 80.5 Å². The van der Waals surface area contributed by atoms with Gasteiger partial charge in [-0.2, -0.15) is 4.98 Å². The van der Waals surface area contributed by atoms with Gasteiger partial charge in [-0.05, 0) is 129 Å². The van der Waals surface area contributed by atoms with Crippen LogP contribution in [0.3, 0.4) is 0 Å². The molecule has 3 N–H and O–H groups in total. The number of carbonyl (C=O) groups excluding carboxylic acids is 1. The predicted octanol–water partition coefficient (Wildman–Crippen LogP) is 8.37. The summed E-state index contributed by atoms with van der Waals surface area (Å²) in [4.78, 5) is 45.7. The van der Waals surface area contributed by atoms with Gasteiger partial charge < -0.3 is 34.3 Å². The standard InChI is InChI=1S/C53H57N9O8S/c63-51(58-71(66,67)38-11-13-43(46(28-38)62(64)65)56-31-34-15-24-68-25-16-34)41-12-10-36(27-45(41)61-47-26-35-14-20-55-50(35)57-52(47)70-49-33-69-32-48(49)61)59-22-17-53(18-23-59)29-37(30-53)60-21-5-9-44(60)40-7-2-1-6-39(40)42-8-3-4-19-54-42/h1-4,6-8,10-14,19-20,26-28,34,37,44,48-49,56H,5,9,15-18,21-25,29-33H2,(H,55,57)(H,58,63)/t44-,48+,49+/m0/s1. The Morgan fingerprint density at radius 2 is 1.73 bits per heavy atom. The third-order valence-electron chi connectivity index (χ3n) is 16.0. The number of carbonyl (C=O) groups is 1. The molecular formula is C53H57N9O8S. The van der Waals surface area contributed by atoms with E-state index >= 15 is 0 Å². The molecule has 17 nitrogen and oxygen atoms in total. The van der Waals surface area contributed by atoms with Crippen LogP contribution in [0.4, 0.5) is 28.4 Å². The number of likely N-dealkylation sites (tertiary alicyclic amines) is 1. The van der Waals surface area contributed by atoms with Crippen LogP contribution in [0.25, 0.3) is 22.3 Å². The molecule has 71 heavy (non-hydrogen) atoms. The van der Waals surface area contributed by atoms with E-state index in [2.05, 4.69) is 61.2 Å². The van der Waals surface area contributed by atoms with E-state index in [0.29, 0.717) is 68.0 Å². The average molecular weight is 980 g/mol. The molecule has 5 fully saturated rings.